The zero-order valence-corrected chi connectivity index (χ0v) is 10.6. The van der Waals surface area contributed by atoms with Crippen LogP contribution in [0.3, 0.4) is 0 Å². The number of piperidine rings is 1. The molecule has 4 heteroatoms. The van der Waals surface area contributed by atoms with Crippen molar-refractivity contribution in [2.45, 2.75) is 57.0 Å². The van der Waals surface area contributed by atoms with Crippen molar-refractivity contribution >= 4 is 5.91 Å². The largest absolute Gasteiger partial charge is 0.370 e. The van der Waals surface area contributed by atoms with Gasteiger partial charge in [0.05, 0.1) is 0 Å². The van der Waals surface area contributed by atoms with Crippen LogP contribution in [0.4, 0.5) is 0 Å². The summed E-state index contributed by atoms with van der Waals surface area (Å²) in [4.78, 5) is 13.5. The van der Waals surface area contributed by atoms with E-state index in [0.29, 0.717) is 24.4 Å². The third-order valence-electron chi connectivity index (χ3n) is 4.34. The van der Waals surface area contributed by atoms with Gasteiger partial charge in [-0.1, -0.05) is 6.42 Å². The maximum Gasteiger partial charge on any atom is 0.217 e. The Bertz CT molecular complexity index is 261. The number of amides is 1. The lowest BCUT2D eigenvalue weighted by molar-refractivity contribution is -0.119. The molecule has 0 spiro atoms. The zero-order valence-electron chi connectivity index (χ0n) is 10.6. The maximum absolute atomic E-state index is 10.9. The molecule has 4 nitrogen and oxygen atoms in total. The number of primary amides is 1. The highest BCUT2D eigenvalue weighted by Crippen LogP contribution is 2.27. The molecule has 0 radical (unpaired) electrons. The molecule has 1 aliphatic carbocycles. The molecule has 1 heterocycles. The summed E-state index contributed by atoms with van der Waals surface area (Å²) in [6.07, 6.45) is 7.72. The molecule has 98 valence electrons. The van der Waals surface area contributed by atoms with Crippen molar-refractivity contribution < 1.29 is 4.79 Å². The van der Waals surface area contributed by atoms with E-state index < -0.39 is 0 Å². The van der Waals surface area contributed by atoms with E-state index in [2.05, 4.69) is 4.90 Å². The molecule has 2 aliphatic rings. The first kappa shape index (κ1) is 12.8. The number of hydrogen-bond donors (Lipinski definition) is 2. The Morgan fingerprint density at radius 2 is 1.88 bits per heavy atom. The lowest BCUT2D eigenvalue weighted by Crippen LogP contribution is -2.46. The molecule has 2 rings (SSSR count). The van der Waals surface area contributed by atoms with Crippen LogP contribution >= 0.6 is 0 Å². The van der Waals surface area contributed by atoms with Crippen LogP contribution in [0.1, 0.15) is 44.9 Å². The first-order valence-corrected chi connectivity index (χ1v) is 6.93. The number of nitrogens with two attached hydrogens (primary N) is 2. The van der Waals surface area contributed by atoms with E-state index in [-0.39, 0.29) is 5.91 Å². The third-order valence-corrected chi connectivity index (χ3v) is 4.34. The van der Waals surface area contributed by atoms with Crippen LogP contribution in [0.5, 0.6) is 0 Å². The summed E-state index contributed by atoms with van der Waals surface area (Å²) in [6.45, 7) is 2.24. The van der Waals surface area contributed by atoms with Crippen molar-refractivity contribution in [2.24, 2.45) is 17.4 Å². The lowest BCUT2D eigenvalue weighted by Gasteiger charge is -2.40. The normalized spacial score (nSPS) is 32.5. The monoisotopic (exact) mass is 239 g/mol. The second-order valence-electron chi connectivity index (χ2n) is 5.73. The highest BCUT2D eigenvalue weighted by atomic mass is 16.1. The van der Waals surface area contributed by atoms with Gasteiger partial charge >= 0.3 is 0 Å². The predicted octanol–water partition coefficient (Wildman–Crippen LogP) is 0.844. The van der Waals surface area contributed by atoms with E-state index in [1.165, 1.54) is 19.3 Å². The summed E-state index contributed by atoms with van der Waals surface area (Å²) in [5.74, 6) is 0.365. The molecular formula is C13H25N3O. The molecule has 0 aromatic carbocycles. The zero-order chi connectivity index (χ0) is 12.3. The number of carbonyl (C=O) groups is 1. The van der Waals surface area contributed by atoms with Gasteiger partial charge in [-0.25, -0.2) is 0 Å². The Morgan fingerprint density at radius 3 is 2.47 bits per heavy atom. The Morgan fingerprint density at radius 1 is 1.18 bits per heavy atom. The molecule has 2 fully saturated rings. The average molecular weight is 239 g/mol. The molecule has 4 N–H and O–H groups in total. The van der Waals surface area contributed by atoms with E-state index in [9.17, 15) is 4.79 Å². The highest BCUT2D eigenvalue weighted by Gasteiger charge is 2.28. The Kier molecular flexibility index (Phi) is 4.40. The van der Waals surface area contributed by atoms with E-state index >= 15 is 0 Å². The van der Waals surface area contributed by atoms with Gasteiger partial charge in [0, 0.05) is 18.5 Å². The fourth-order valence-electron chi connectivity index (χ4n) is 3.34. The summed E-state index contributed by atoms with van der Waals surface area (Å²) in [7, 11) is 0. The predicted molar refractivity (Wildman–Crippen MR) is 68.3 cm³/mol. The molecule has 1 amide bonds. The third kappa shape index (κ3) is 3.68. The van der Waals surface area contributed by atoms with Crippen molar-refractivity contribution in [2.75, 3.05) is 13.1 Å². The van der Waals surface area contributed by atoms with Gasteiger partial charge in [-0.2, -0.15) is 0 Å². The number of rotatable bonds is 3. The second-order valence-corrected chi connectivity index (χ2v) is 5.73. The van der Waals surface area contributed by atoms with Crippen molar-refractivity contribution in [3.05, 3.63) is 0 Å². The minimum atomic E-state index is -0.150. The smallest absolute Gasteiger partial charge is 0.217 e. The van der Waals surface area contributed by atoms with Gasteiger partial charge in [-0.3, -0.25) is 4.79 Å². The summed E-state index contributed by atoms with van der Waals surface area (Å²) >= 11 is 0. The van der Waals surface area contributed by atoms with Crippen LogP contribution in [-0.4, -0.2) is 36.0 Å². The van der Waals surface area contributed by atoms with E-state index in [0.717, 1.165) is 32.4 Å². The number of nitrogens with zero attached hydrogens (tertiary/aromatic N) is 1. The van der Waals surface area contributed by atoms with Crippen molar-refractivity contribution in [3.63, 3.8) is 0 Å². The first-order valence-electron chi connectivity index (χ1n) is 6.93. The molecule has 1 saturated carbocycles. The van der Waals surface area contributed by atoms with Gasteiger partial charge in [-0.15, -0.1) is 0 Å². The fourth-order valence-corrected chi connectivity index (χ4v) is 3.34. The summed E-state index contributed by atoms with van der Waals surface area (Å²) < 4.78 is 0. The molecule has 0 aromatic rings. The van der Waals surface area contributed by atoms with Gasteiger partial charge in [0.1, 0.15) is 0 Å². The van der Waals surface area contributed by atoms with E-state index in [1.54, 1.807) is 0 Å². The minimum Gasteiger partial charge on any atom is -0.370 e. The Labute approximate surface area is 104 Å². The van der Waals surface area contributed by atoms with Gasteiger partial charge < -0.3 is 16.4 Å². The lowest BCUT2D eigenvalue weighted by atomic mass is 9.87. The maximum atomic E-state index is 10.9. The molecular weight excluding hydrogens is 214 g/mol. The molecule has 0 aromatic heterocycles. The van der Waals surface area contributed by atoms with Gasteiger partial charge in [-0.05, 0) is 51.1 Å². The molecule has 1 saturated heterocycles. The minimum absolute atomic E-state index is 0.150. The highest BCUT2D eigenvalue weighted by molar-refractivity contribution is 5.73. The fraction of sp³-hybridized carbons (Fsp3) is 0.923. The van der Waals surface area contributed by atoms with Crippen LogP contribution in [0.25, 0.3) is 0 Å². The second kappa shape index (κ2) is 5.83. The van der Waals surface area contributed by atoms with Crippen LogP contribution in [0.2, 0.25) is 0 Å². The Balaban J connectivity index is 1.76. The first-order chi connectivity index (χ1) is 8.15. The van der Waals surface area contributed by atoms with Crippen molar-refractivity contribution in [1.82, 2.24) is 4.90 Å². The summed E-state index contributed by atoms with van der Waals surface area (Å²) in [5, 5.41) is 0. The molecule has 2 atom stereocenters. The van der Waals surface area contributed by atoms with Gasteiger partial charge in [0.25, 0.3) is 0 Å². The molecule has 0 bridgehead atoms. The van der Waals surface area contributed by atoms with E-state index in [1.807, 2.05) is 0 Å². The van der Waals surface area contributed by atoms with Crippen LogP contribution < -0.4 is 11.5 Å². The average Bonchev–Trinajstić information content (AvgIpc) is 2.29. The van der Waals surface area contributed by atoms with Crippen molar-refractivity contribution in [3.8, 4) is 0 Å². The molecule has 17 heavy (non-hydrogen) atoms. The van der Waals surface area contributed by atoms with Gasteiger partial charge in [0.2, 0.25) is 5.91 Å². The SMILES string of the molecule is NC(=O)CC1CCN(C2CCCC(N)C2)CC1. The van der Waals surface area contributed by atoms with Crippen molar-refractivity contribution in [1.29, 1.82) is 0 Å². The number of carbonyl (C=O) groups excluding carboxylic acids is 1. The van der Waals surface area contributed by atoms with E-state index in [4.69, 9.17) is 11.5 Å². The quantitative estimate of drug-likeness (QED) is 0.766. The topological polar surface area (TPSA) is 72.4 Å². The van der Waals surface area contributed by atoms with Crippen LogP contribution in [0.15, 0.2) is 0 Å². The standard InChI is InChI=1S/C13H25N3O/c14-11-2-1-3-12(9-11)16-6-4-10(5-7-16)8-13(15)17/h10-12H,1-9,14H2,(H2,15,17). The van der Waals surface area contributed by atoms with Crippen LogP contribution in [0, 0.1) is 5.92 Å². The molecule has 1 aliphatic heterocycles. The molecule has 2 unspecified atom stereocenters. The summed E-state index contributed by atoms with van der Waals surface area (Å²) in [6, 6.07) is 1.09. The van der Waals surface area contributed by atoms with Crippen LogP contribution in [-0.2, 0) is 4.79 Å². The van der Waals surface area contributed by atoms with Gasteiger partial charge in [0.15, 0.2) is 0 Å². The Hall–Kier alpha value is -0.610. The number of likely N-dealkylation sites (tertiary alicyclic amines) is 1. The number of hydrogen-bond acceptors (Lipinski definition) is 3. The summed E-state index contributed by atoms with van der Waals surface area (Å²) in [5.41, 5.74) is 11.3.